The summed E-state index contributed by atoms with van der Waals surface area (Å²) in [5.41, 5.74) is 2.44. The maximum absolute atomic E-state index is 5.48. The molecule has 0 saturated heterocycles. The molecule has 1 aromatic carbocycles. The third-order valence-electron chi connectivity index (χ3n) is 2.29. The van der Waals surface area contributed by atoms with Gasteiger partial charge in [0, 0.05) is 18.8 Å². The van der Waals surface area contributed by atoms with Crippen molar-refractivity contribution in [2.45, 2.75) is 19.8 Å². The number of allylic oxidation sites excluding steroid dienone is 1. The maximum atomic E-state index is 5.48. The van der Waals surface area contributed by atoms with Gasteiger partial charge in [0.05, 0.1) is 6.61 Å². The minimum absolute atomic E-state index is 0.755. The van der Waals surface area contributed by atoms with Gasteiger partial charge < -0.3 is 10.1 Å². The van der Waals surface area contributed by atoms with Crippen molar-refractivity contribution in [2.24, 2.45) is 0 Å². The number of aryl methyl sites for hydroxylation is 1. The second-order valence-corrected chi connectivity index (χ2v) is 3.84. The molecule has 0 radical (unpaired) electrons. The van der Waals surface area contributed by atoms with Gasteiger partial charge in [-0.3, -0.25) is 0 Å². The Kier molecular flexibility index (Phi) is 6.35. The molecule has 0 saturated carbocycles. The van der Waals surface area contributed by atoms with Crippen LogP contribution in [0.4, 0.5) is 5.69 Å². The van der Waals surface area contributed by atoms with Crippen LogP contribution in [0, 0.1) is 6.92 Å². The Hall–Kier alpha value is -1.28. The Labute approximate surface area is 98.3 Å². The molecule has 1 rings (SSSR count). The Morgan fingerprint density at radius 2 is 2.25 bits per heavy atom. The molecule has 0 spiro atoms. The van der Waals surface area contributed by atoms with Gasteiger partial charge in [0.15, 0.2) is 0 Å². The van der Waals surface area contributed by atoms with E-state index < -0.39 is 0 Å². The largest absolute Gasteiger partial charge is 0.383 e. The molecular formula is C14H21NO. The van der Waals surface area contributed by atoms with E-state index in [1.54, 1.807) is 0 Å². The van der Waals surface area contributed by atoms with Gasteiger partial charge in [-0.15, -0.1) is 6.58 Å². The van der Waals surface area contributed by atoms with Crippen molar-refractivity contribution in [3.8, 4) is 0 Å². The molecule has 0 aliphatic carbocycles. The highest BCUT2D eigenvalue weighted by Gasteiger charge is 1.92. The zero-order valence-electron chi connectivity index (χ0n) is 10.0. The van der Waals surface area contributed by atoms with Crippen LogP contribution in [0.3, 0.4) is 0 Å². The molecule has 0 aliphatic rings. The molecule has 16 heavy (non-hydrogen) atoms. The summed E-state index contributed by atoms with van der Waals surface area (Å²) in [7, 11) is 0. The normalized spacial score (nSPS) is 10.1. The predicted molar refractivity (Wildman–Crippen MR) is 69.9 cm³/mol. The Morgan fingerprint density at radius 1 is 1.38 bits per heavy atom. The number of ether oxygens (including phenoxy) is 1. The van der Waals surface area contributed by atoms with Crippen LogP contribution < -0.4 is 5.32 Å². The van der Waals surface area contributed by atoms with Gasteiger partial charge in [0.1, 0.15) is 0 Å². The average Bonchev–Trinajstić information content (AvgIpc) is 2.28. The van der Waals surface area contributed by atoms with Crippen LogP contribution in [-0.4, -0.2) is 19.8 Å². The first kappa shape index (κ1) is 12.8. The van der Waals surface area contributed by atoms with E-state index in [4.69, 9.17) is 4.74 Å². The van der Waals surface area contributed by atoms with Gasteiger partial charge >= 0.3 is 0 Å². The molecule has 1 aromatic rings. The number of benzene rings is 1. The summed E-state index contributed by atoms with van der Waals surface area (Å²) < 4.78 is 5.48. The monoisotopic (exact) mass is 219 g/mol. The molecule has 2 nitrogen and oxygen atoms in total. The molecule has 0 heterocycles. The Bertz CT molecular complexity index is 309. The van der Waals surface area contributed by atoms with Crippen LogP contribution in [0.5, 0.6) is 0 Å². The summed E-state index contributed by atoms with van der Waals surface area (Å²) in [5.74, 6) is 0. The molecule has 1 N–H and O–H groups in total. The third-order valence-corrected chi connectivity index (χ3v) is 2.29. The van der Waals surface area contributed by atoms with E-state index in [1.165, 1.54) is 5.56 Å². The van der Waals surface area contributed by atoms with Gasteiger partial charge in [0.2, 0.25) is 0 Å². The molecule has 0 aliphatic heterocycles. The minimum atomic E-state index is 0.755. The second-order valence-electron chi connectivity index (χ2n) is 3.84. The first-order chi connectivity index (χ1) is 7.83. The summed E-state index contributed by atoms with van der Waals surface area (Å²) in [6.07, 6.45) is 4.02. The molecular weight excluding hydrogens is 198 g/mol. The predicted octanol–water partition coefficient (Wildman–Crippen LogP) is 3.39. The maximum Gasteiger partial charge on any atom is 0.0639 e. The summed E-state index contributed by atoms with van der Waals surface area (Å²) in [6.45, 7) is 8.20. The van der Waals surface area contributed by atoms with Crippen LogP contribution in [0.15, 0.2) is 36.9 Å². The van der Waals surface area contributed by atoms with Gasteiger partial charge in [0.25, 0.3) is 0 Å². The lowest BCUT2D eigenvalue weighted by atomic mass is 10.2. The van der Waals surface area contributed by atoms with Gasteiger partial charge in [-0.1, -0.05) is 18.2 Å². The second kappa shape index (κ2) is 7.94. The molecule has 0 fully saturated rings. The lowest BCUT2D eigenvalue weighted by Crippen LogP contribution is -2.09. The molecule has 2 heteroatoms. The van der Waals surface area contributed by atoms with Crippen LogP contribution >= 0.6 is 0 Å². The van der Waals surface area contributed by atoms with Crippen molar-refractivity contribution in [1.29, 1.82) is 0 Å². The smallest absolute Gasteiger partial charge is 0.0639 e. The summed E-state index contributed by atoms with van der Waals surface area (Å²) in [4.78, 5) is 0. The SMILES string of the molecule is C=CCCCOCCNc1cccc(C)c1. The van der Waals surface area contributed by atoms with E-state index in [1.807, 2.05) is 6.08 Å². The Morgan fingerprint density at radius 3 is 3.00 bits per heavy atom. The summed E-state index contributed by atoms with van der Waals surface area (Å²) in [6, 6.07) is 8.36. The molecule has 0 unspecified atom stereocenters. The van der Waals surface area contributed by atoms with Crippen LogP contribution in [0.1, 0.15) is 18.4 Å². The van der Waals surface area contributed by atoms with E-state index in [-0.39, 0.29) is 0 Å². The topological polar surface area (TPSA) is 21.3 Å². The first-order valence-corrected chi connectivity index (χ1v) is 5.82. The molecule has 0 atom stereocenters. The summed E-state index contributed by atoms with van der Waals surface area (Å²) >= 11 is 0. The van der Waals surface area contributed by atoms with E-state index in [9.17, 15) is 0 Å². The van der Waals surface area contributed by atoms with Crippen molar-refractivity contribution in [3.63, 3.8) is 0 Å². The highest BCUT2D eigenvalue weighted by atomic mass is 16.5. The van der Waals surface area contributed by atoms with E-state index >= 15 is 0 Å². The van der Waals surface area contributed by atoms with E-state index in [0.29, 0.717) is 0 Å². The van der Waals surface area contributed by atoms with E-state index in [2.05, 4.69) is 43.1 Å². The average molecular weight is 219 g/mol. The lowest BCUT2D eigenvalue weighted by molar-refractivity contribution is 0.142. The number of unbranched alkanes of at least 4 members (excludes halogenated alkanes) is 1. The van der Waals surface area contributed by atoms with Gasteiger partial charge in [-0.2, -0.15) is 0 Å². The van der Waals surface area contributed by atoms with Gasteiger partial charge in [-0.05, 0) is 37.5 Å². The first-order valence-electron chi connectivity index (χ1n) is 5.82. The minimum Gasteiger partial charge on any atom is -0.383 e. The summed E-state index contributed by atoms with van der Waals surface area (Å²) in [5, 5.41) is 3.33. The third kappa shape index (κ3) is 5.56. The standard InChI is InChI=1S/C14H21NO/c1-3-4-5-10-16-11-9-15-14-8-6-7-13(2)12-14/h3,6-8,12,15H,1,4-5,9-11H2,2H3. The van der Waals surface area contributed by atoms with Crippen LogP contribution in [-0.2, 0) is 4.74 Å². The molecule has 0 amide bonds. The molecule has 0 bridgehead atoms. The van der Waals surface area contributed by atoms with Crippen molar-refractivity contribution in [2.75, 3.05) is 25.1 Å². The molecule has 88 valence electrons. The highest BCUT2D eigenvalue weighted by molar-refractivity contribution is 5.45. The van der Waals surface area contributed by atoms with Gasteiger partial charge in [-0.25, -0.2) is 0 Å². The fourth-order valence-corrected chi connectivity index (χ4v) is 1.45. The number of hydrogen-bond acceptors (Lipinski definition) is 2. The number of nitrogens with one attached hydrogen (secondary N) is 1. The highest BCUT2D eigenvalue weighted by Crippen LogP contribution is 2.08. The fourth-order valence-electron chi connectivity index (χ4n) is 1.45. The number of hydrogen-bond donors (Lipinski definition) is 1. The van der Waals surface area contributed by atoms with Crippen molar-refractivity contribution < 1.29 is 4.74 Å². The van der Waals surface area contributed by atoms with Crippen molar-refractivity contribution in [1.82, 2.24) is 0 Å². The Balaban J connectivity index is 2.05. The lowest BCUT2D eigenvalue weighted by Gasteiger charge is -2.07. The number of anilines is 1. The quantitative estimate of drug-likeness (QED) is 0.534. The van der Waals surface area contributed by atoms with Crippen molar-refractivity contribution >= 4 is 5.69 Å². The zero-order valence-corrected chi connectivity index (χ0v) is 10.0. The van der Waals surface area contributed by atoms with E-state index in [0.717, 1.165) is 38.3 Å². The number of rotatable bonds is 8. The molecule has 0 aromatic heterocycles. The fraction of sp³-hybridized carbons (Fsp3) is 0.429. The van der Waals surface area contributed by atoms with Crippen molar-refractivity contribution in [3.05, 3.63) is 42.5 Å². The van der Waals surface area contributed by atoms with Crippen LogP contribution in [0.25, 0.3) is 0 Å². The van der Waals surface area contributed by atoms with Crippen LogP contribution in [0.2, 0.25) is 0 Å². The zero-order chi connectivity index (χ0) is 11.6.